The van der Waals surface area contributed by atoms with E-state index in [0.29, 0.717) is 18.0 Å². The van der Waals surface area contributed by atoms with E-state index in [-0.39, 0.29) is 12.3 Å². The SMILES string of the molecule is CC[n+]1c(/C=C2\Sc3ccc(OC)cc3N2CC(=O)O)n(C)c2cc(C#N)oc21. The zero-order valence-electron chi connectivity index (χ0n) is 16.2. The first-order valence-corrected chi connectivity index (χ1v) is 9.77. The Morgan fingerprint density at radius 2 is 2.24 bits per heavy atom. The number of benzene rings is 1. The molecule has 0 aliphatic carbocycles. The number of carboxylic acid groups (broad SMARTS) is 1. The third kappa shape index (κ3) is 3.11. The van der Waals surface area contributed by atoms with Crippen molar-refractivity contribution in [1.29, 1.82) is 5.26 Å². The minimum absolute atomic E-state index is 0.162. The number of aliphatic carboxylic acids is 1. The summed E-state index contributed by atoms with van der Waals surface area (Å²) in [4.78, 5) is 14.2. The molecule has 3 heterocycles. The molecule has 1 N–H and O–H groups in total. The molecule has 0 bridgehead atoms. The van der Waals surface area contributed by atoms with Crippen molar-refractivity contribution in [3.8, 4) is 11.8 Å². The number of carbonyl (C=O) groups is 1. The Morgan fingerprint density at radius 3 is 2.90 bits per heavy atom. The Bertz CT molecular complexity index is 1200. The topological polar surface area (TPSA) is 95.5 Å². The Kier molecular flexibility index (Phi) is 4.72. The van der Waals surface area contributed by atoms with Crippen LogP contribution in [0.15, 0.2) is 38.6 Å². The maximum absolute atomic E-state index is 11.5. The van der Waals surface area contributed by atoms with Gasteiger partial charge in [0.15, 0.2) is 0 Å². The third-order valence-corrected chi connectivity index (χ3v) is 5.94. The number of fused-ring (bicyclic) bond motifs is 2. The minimum atomic E-state index is -0.921. The summed E-state index contributed by atoms with van der Waals surface area (Å²) in [5.41, 5.74) is 2.23. The molecule has 1 aromatic carbocycles. The standard InChI is InChI=1S/C20H18N4O4S/c1-4-23-17(22(2)15-8-13(10-21)28-20(15)23)9-18-24(11-19(25)26)14-7-12(27-3)5-6-16(14)29-18/h5-9H,4,11H2,1-3H3/p+1. The largest absolute Gasteiger partial charge is 0.497 e. The highest BCUT2D eigenvalue weighted by atomic mass is 32.2. The molecule has 0 atom stereocenters. The number of hydrogen-bond donors (Lipinski definition) is 1. The molecule has 0 saturated carbocycles. The number of aryl methyl sites for hydroxylation is 2. The van der Waals surface area contributed by atoms with Crippen molar-refractivity contribution in [1.82, 2.24) is 4.57 Å². The summed E-state index contributed by atoms with van der Waals surface area (Å²) in [6.07, 6.45) is 1.95. The van der Waals surface area contributed by atoms with Crippen molar-refractivity contribution < 1.29 is 23.6 Å². The van der Waals surface area contributed by atoms with Gasteiger partial charge in [0.1, 0.15) is 18.4 Å². The average Bonchev–Trinajstić information content (AvgIpc) is 3.34. The van der Waals surface area contributed by atoms with Crippen molar-refractivity contribution in [3.05, 3.63) is 40.9 Å². The predicted molar refractivity (Wildman–Crippen MR) is 108 cm³/mol. The monoisotopic (exact) mass is 411 g/mol. The van der Waals surface area contributed by atoms with Crippen molar-refractivity contribution >= 4 is 40.7 Å². The molecule has 0 unspecified atom stereocenters. The van der Waals surface area contributed by atoms with E-state index >= 15 is 0 Å². The van der Waals surface area contributed by atoms with Gasteiger partial charge in [-0.25, -0.2) is 4.57 Å². The van der Waals surface area contributed by atoms with Crippen molar-refractivity contribution in [3.63, 3.8) is 0 Å². The number of aromatic nitrogens is 2. The molecule has 1 aliphatic rings. The number of furan rings is 1. The second kappa shape index (κ2) is 7.22. The van der Waals surface area contributed by atoms with E-state index < -0.39 is 5.97 Å². The smallest absolute Gasteiger partial charge is 0.339 e. The second-order valence-corrected chi connectivity index (χ2v) is 7.53. The van der Waals surface area contributed by atoms with Crippen LogP contribution in [0.4, 0.5) is 5.69 Å². The summed E-state index contributed by atoms with van der Waals surface area (Å²) in [5.74, 6) is 0.859. The number of nitrogens with zero attached hydrogens (tertiary/aromatic N) is 4. The third-order valence-electron chi connectivity index (χ3n) is 4.83. The van der Waals surface area contributed by atoms with Gasteiger partial charge in [-0.3, -0.25) is 4.79 Å². The molecule has 0 amide bonds. The Morgan fingerprint density at radius 1 is 1.45 bits per heavy atom. The minimum Gasteiger partial charge on any atom is -0.497 e. The average molecular weight is 411 g/mol. The van der Waals surface area contributed by atoms with E-state index in [1.807, 2.05) is 53.4 Å². The van der Waals surface area contributed by atoms with Crippen LogP contribution in [0.5, 0.6) is 5.75 Å². The van der Waals surface area contributed by atoms with Gasteiger partial charge in [-0.2, -0.15) is 9.83 Å². The zero-order chi connectivity index (χ0) is 20.7. The quantitative estimate of drug-likeness (QED) is 0.645. The normalized spacial score (nSPS) is 14.4. The van der Waals surface area contributed by atoms with Crippen LogP contribution in [0, 0.1) is 11.3 Å². The van der Waals surface area contributed by atoms with E-state index in [0.717, 1.165) is 27.0 Å². The summed E-state index contributed by atoms with van der Waals surface area (Å²) in [5, 5.41) is 19.4. The highest BCUT2D eigenvalue weighted by Crippen LogP contribution is 2.47. The lowest BCUT2D eigenvalue weighted by Crippen LogP contribution is -2.35. The fraction of sp³-hybridized carbons (Fsp3) is 0.250. The number of carboxylic acids is 1. The summed E-state index contributed by atoms with van der Waals surface area (Å²) < 4.78 is 14.9. The summed E-state index contributed by atoms with van der Waals surface area (Å²) >= 11 is 1.51. The van der Waals surface area contributed by atoms with Gasteiger partial charge in [0.25, 0.3) is 5.82 Å². The number of hydrogen-bond acceptors (Lipinski definition) is 6. The van der Waals surface area contributed by atoms with E-state index in [1.54, 1.807) is 18.1 Å². The summed E-state index contributed by atoms with van der Waals surface area (Å²) in [6.45, 7) is 2.47. The number of methoxy groups -OCH3 is 1. The van der Waals surface area contributed by atoms with Gasteiger partial charge in [-0.15, -0.1) is 0 Å². The van der Waals surface area contributed by atoms with Crippen molar-refractivity contribution in [2.75, 3.05) is 18.6 Å². The first kappa shape index (κ1) is 19.0. The van der Waals surface area contributed by atoms with Crippen LogP contribution < -0.4 is 14.2 Å². The highest BCUT2D eigenvalue weighted by Gasteiger charge is 2.31. The molecule has 8 nitrogen and oxygen atoms in total. The first-order chi connectivity index (χ1) is 14.0. The van der Waals surface area contributed by atoms with Gasteiger partial charge in [0.2, 0.25) is 11.3 Å². The van der Waals surface area contributed by atoms with Gasteiger partial charge in [-0.05, 0) is 19.1 Å². The number of ether oxygens (including phenoxy) is 1. The van der Waals surface area contributed by atoms with Gasteiger partial charge in [-0.1, -0.05) is 11.8 Å². The van der Waals surface area contributed by atoms with Crippen molar-refractivity contribution in [2.24, 2.45) is 7.05 Å². The number of nitriles is 1. The first-order valence-electron chi connectivity index (χ1n) is 8.95. The van der Waals surface area contributed by atoms with Crippen LogP contribution in [-0.4, -0.2) is 29.3 Å². The lowest BCUT2D eigenvalue weighted by atomic mass is 10.2. The molecule has 4 rings (SSSR count). The van der Waals surface area contributed by atoms with E-state index in [1.165, 1.54) is 11.8 Å². The van der Waals surface area contributed by atoms with Gasteiger partial charge >= 0.3 is 11.7 Å². The van der Waals surface area contributed by atoms with E-state index in [9.17, 15) is 9.90 Å². The Balaban J connectivity index is 1.85. The van der Waals surface area contributed by atoms with Gasteiger partial charge in [0, 0.05) is 17.0 Å². The fourth-order valence-electron chi connectivity index (χ4n) is 3.47. The molecule has 148 valence electrons. The van der Waals surface area contributed by atoms with Crippen LogP contribution in [-0.2, 0) is 18.4 Å². The molecule has 2 aromatic heterocycles. The fourth-order valence-corrected chi connectivity index (χ4v) is 4.55. The van der Waals surface area contributed by atoms with E-state index in [2.05, 4.69) is 0 Å². The van der Waals surface area contributed by atoms with E-state index in [4.69, 9.17) is 14.4 Å². The molecule has 9 heteroatoms. The maximum atomic E-state index is 11.5. The number of imidazole rings is 1. The Labute approximate surface area is 171 Å². The van der Waals surface area contributed by atoms with Crippen LogP contribution in [0.1, 0.15) is 18.5 Å². The number of rotatable bonds is 5. The van der Waals surface area contributed by atoms with Crippen LogP contribution in [0.25, 0.3) is 17.3 Å². The number of thioether (sulfide) groups is 1. The second-order valence-electron chi connectivity index (χ2n) is 6.47. The van der Waals surface area contributed by atoms with Crippen LogP contribution in [0.2, 0.25) is 0 Å². The maximum Gasteiger partial charge on any atom is 0.339 e. The van der Waals surface area contributed by atoms with Crippen LogP contribution >= 0.6 is 11.8 Å². The summed E-state index contributed by atoms with van der Waals surface area (Å²) in [6, 6.07) is 9.37. The number of anilines is 1. The molecule has 0 spiro atoms. The molecular formula is C20H19N4O4S+. The highest BCUT2D eigenvalue weighted by molar-refractivity contribution is 8.03. The Hall–Kier alpha value is -3.38. The van der Waals surface area contributed by atoms with Crippen LogP contribution in [0.3, 0.4) is 0 Å². The molecule has 29 heavy (non-hydrogen) atoms. The molecule has 1 aliphatic heterocycles. The zero-order valence-corrected chi connectivity index (χ0v) is 17.0. The molecule has 0 fully saturated rings. The molecule has 3 aromatic rings. The molecule has 0 saturated heterocycles. The van der Waals surface area contributed by atoms with Crippen molar-refractivity contribution in [2.45, 2.75) is 18.4 Å². The predicted octanol–water partition coefficient (Wildman–Crippen LogP) is 2.95. The van der Waals surface area contributed by atoms with Gasteiger partial charge in [0.05, 0.1) is 37.5 Å². The summed E-state index contributed by atoms with van der Waals surface area (Å²) in [7, 11) is 3.48. The van der Waals surface area contributed by atoms with Gasteiger partial charge < -0.3 is 19.2 Å². The molecular weight excluding hydrogens is 392 g/mol. The molecule has 0 radical (unpaired) electrons. The lowest BCUT2D eigenvalue weighted by Gasteiger charge is -2.18. The lowest BCUT2D eigenvalue weighted by molar-refractivity contribution is -0.676.